The van der Waals surface area contributed by atoms with Crippen molar-refractivity contribution in [2.24, 2.45) is 0 Å². The van der Waals surface area contributed by atoms with E-state index in [1.807, 2.05) is 13.8 Å². The molecule has 0 radical (unpaired) electrons. The fourth-order valence-corrected chi connectivity index (χ4v) is 5.03. The first-order chi connectivity index (χ1) is 9.29. The van der Waals surface area contributed by atoms with Gasteiger partial charge in [-0.1, -0.05) is 15.9 Å². The first-order valence-electron chi connectivity index (χ1n) is 5.66. The van der Waals surface area contributed by atoms with Crippen LogP contribution in [0.25, 0.3) is 0 Å². The van der Waals surface area contributed by atoms with Gasteiger partial charge >= 0.3 is 0 Å². The predicted molar refractivity (Wildman–Crippen MR) is 87.5 cm³/mol. The Morgan fingerprint density at radius 2 is 1.95 bits per heavy atom. The topological polar surface area (TPSA) is 59.1 Å². The van der Waals surface area contributed by atoms with Gasteiger partial charge in [-0.05, 0) is 47.5 Å². The van der Waals surface area contributed by atoms with Crippen molar-refractivity contribution in [3.63, 3.8) is 0 Å². The van der Waals surface area contributed by atoms with Crippen LogP contribution in [0, 0.1) is 13.8 Å². The second-order valence-electron chi connectivity index (χ2n) is 4.22. The summed E-state index contributed by atoms with van der Waals surface area (Å²) in [5.41, 5.74) is 0.964. The molecular formula is C12H12Br2N2O2S2. The maximum Gasteiger partial charge on any atom is 0.242 e. The van der Waals surface area contributed by atoms with E-state index in [-0.39, 0.29) is 11.4 Å². The molecule has 0 unspecified atom stereocenters. The van der Waals surface area contributed by atoms with Crippen molar-refractivity contribution in [2.45, 2.75) is 25.3 Å². The van der Waals surface area contributed by atoms with Crippen LogP contribution < -0.4 is 4.72 Å². The summed E-state index contributed by atoms with van der Waals surface area (Å²) >= 11 is 8.12. The summed E-state index contributed by atoms with van der Waals surface area (Å²) < 4.78 is 28.5. The van der Waals surface area contributed by atoms with E-state index >= 15 is 0 Å². The Morgan fingerprint density at radius 3 is 2.55 bits per heavy atom. The average molecular weight is 440 g/mol. The lowest BCUT2D eigenvalue weighted by Gasteiger charge is -2.09. The van der Waals surface area contributed by atoms with Gasteiger partial charge in [-0.3, -0.25) is 0 Å². The molecule has 1 aromatic heterocycles. The Kier molecular flexibility index (Phi) is 5.01. The second-order valence-corrected chi connectivity index (χ2v) is 8.98. The van der Waals surface area contributed by atoms with Crippen LogP contribution >= 0.6 is 43.2 Å². The number of benzene rings is 1. The van der Waals surface area contributed by atoms with Crippen molar-refractivity contribution in [1.29, 1.82) is 0 Å². The summed E-state index contributed by atoms with van der Waals surface area (Å²) in [6, 6.07) is 3.36. The quantitative estimate of drug-likeness (QED) is 0.788. The maximum atomic E-state index is 12.3. The summed E-state index contributed by atoms with van der Waals surface area (Å²) in [5, 5.41) is 0.744. The van der Waals surface area contributed by atoms with Gasteiger partial charge in [0.25, 0.3) is 0 Å². The van der Waals surface area contributed by atoms with Gasteiger partial charge in [0, 0.05) is 20.0 Å². The number of nitrogens with zero attached hydrogens (tertiary/aromatic N) is 1. The predicted octanol–water partition coefficient (Wildman–Crippen LogP) is 3.76. The lowest BCUT2D eigenvalue weighted by Crippen LogP contribution is -2.23. The van der Waals surface area contributed by atoms with Gasteiger partial charge in [-0.25, -0.2) is 18.1 Å². The molecule has 0 amide bonds. The molecule has 0 aliphatic rings. The summed E-state index contributed by atoms with van der Waals surface area (Å²) in [7, 11) is -3.58. The highest BCUT2D eigenvalue weighted by Gasteiger charge is 2.19. The third-order valence-electron chi connectivity index (χ3n) is 2.59. The third kappa shape index (κ3) is 3.67. The molecule has 1 N–H and O–H groups in total. The van der Waals surface area contributed by atoms with E-state index in [9.17, 15) is 8.42 Å². The minimum Gasteiger partial charge on any atom is -0.248 e. The molecule has 8 heteroatoms. The molecule has 20 heavy (non-hydrogen) atoms. The van der Waals surface area contributed by atoms with Crippen LogP contribution in [0.3, 0.4) is 0 Å². The van der Waals surface area contributed by atoms with Crippen LogP contribution in [0.15, 0.2) is 32.2 Å². The number of rotatable bonds is 4. The fraction of sp³-hybridized carbons (Fsp3) is 0.250. The smallest absolute Gasteiger partial charge is 0.242 e. The van der Waals surface area contributed by atoms with E-state index in [4.69, 9.17) is 0 Å². The first kappa shape index (κ1) is 16.1. The average Bonchev–Trinajstić information content (AvgIpc) is 2.77. The fourth-order valence-electron chi connectivity index (χ4n) is 1.55. The zero-order valence-electron chi connectivity index (χ0n) is 10.8. The molecule has 1 heterocycles. The number of hydrogen-bond acceptors (Lipinski definition) is 4. The lowest BCUT2D eigenvalue weighted by molar-refractivity contribution is 0.580. The monoisotopic (exact) mass is 438 g/mol. The highest BCUT2D eigenvalue weighted by Crippen LogP contribution is 2.28. The molecule has 2 aromatic rings. The summed E-state index contributed by atoms with van der Waals surface area (Å²) in [4.78, 5) is 5.40. The number of hydrogen-bond donors (Lipinski definition) is 1. The third-order valence-corrected chi connectivity index (χ3v) is 6.71. The van der Waals surface area contributed by atoms with Gasteiger partial charge in [0.05, 0.1) is 11.4 Å². The first-order valence-corrected chi connectivity index (χ1v) is 9.55. The SMILES string of the molecule is Cc1cnc(CNS(=O)(=O)c2cc(Br)c(C)cc2Br)s1. The van der Waals surface area contributed by atoms with Crippen LogP contribution in [-0.4, -0.2) is 13.4 Å². The molecular weight excluding hydrogens is 428 g/mol. The number of aromatic nitrogens is 1. The number of halogens is 2. The van der Waals surface area contributed by atoms with Crippen molar-refractivity contribution in [3.05, 3.63) is 42.7 Å². The van der Waals surface area contributed by atoms with Crippen molar-refractivity contribution in [2.75, 3.05) is 0 Å². The molecule has 108 valence electrons. The minimum atomic E-state index is -3.58. The summed E-state index contributed by atoms with van der Waals surface area (Å²) in [6.45, 7) is 4.03. The van der Waals surface area contributed by atoms with Gasteiger partial charge in [-0.2, -0.15) is 0 Å². The molecule has 0 aliphatic heterocycles. The zero-order chi connectivity index (χ0) is 14.9. The van der Waals surface area contributed by atoms with Gasteiger partial charge in [0.1, 0.15) is 5.01 Å². The van der Waals surface area contributed by atoms with Crippen molar-refractivity contribution >= 4 is 53.2 Å². The Morgan fingerprint density at radius 1 is 1.25 bits per heavy atom. The van der Waals surface area contributed by atoms with Crippen molar-refractivity contribution < 1.29 is 8.42 Å². The van der Waals surface area contributed by atoms with Crippen LogP contribution in [0.5, 0.6) is 0 Å². The Hall–Kier alpha value is -0.280. The molecule has 0 saturated carbocycles. The Balaban J connectivity index is 2.24. The molecule has 0 bridgehead atoms. The molecule has 2 rings (SSSR count). The van der Waals surface area contributed by atoms with Gasteiger partial charge in [0.15, 0.2) is 0 Å². The molecule has 0 saturated heterocycles. The molecule has 0 fully saturated rings. The molecule has 0 spiro atoms. The molecule has 0 atom stereocenters. The van der Waals surface area contributed by atoms with Crippen LogP contribution in [0.4, 0.5) is 0 Å². The highest BCUT2D eigenvalue weighted by molar-refractivity contribution is 9.11. The van der Waals surface area contributed by atoms with E-state index in [2.05, 4.69) is 41.6 Å². The van der Waals surface area contributed by atoms with Crippen molar-refractivity contribution in [3.8, 4) is 0 Å². The number of thiazole rings is 1. The Labute approximate surface area is 138 Å². The van der Waals surface area contributed by atoms with Gasteiger partial charge in [-0.15, -0.1) is 11.3 Å². The van der Waals surface area contributed by atoms with Crippen LogP contribution in [0.1, 0.15) is 15.4 Å². The standard InChI is InChI=1S/C12H12Br2N2O2S2/c1-7-3-10(14)11(4-9(7)13)20(17,18)16-6-12-15-5-8(2)19-12/h3-5,16H,6H2,1-2H3. The van der Waals surface area contributed by atoms with Crippen LogP contribution in [0.2, 0.25) is 0 Å². The molecule has 4 nitrogen and oxygen atoms in total. The van der Waals surface area contributed by atoms with E-state index in [1.165, 1.54) is 11.3 Å². The maximum absolute atomic E-state index is 12.3. The van der Waals surface area contributed by atoms with E-state index in [1.54, 1.807) is 18.3 Å². The minimum absolute atomic E-state index is 0.193. The van der Waals surface area contributed by atoms with Gasteiger partial charge in [0.2, 0.25) is 10.0 Å². The molecule has 0 aliphatic carbocycles. The van der Waals surface area contributed by atoms with E-state index in [0.29, 0.717) is 4.47 Å². The zero-order valence-corrected chi connectivity index (χ0v) is 15.6. The Bertz CT molecular complexity index is 742. The largest absolute Gasteiger partial charge is 0.248 e. The summed E-state index contributed by atoms with van der Waals surface area (Å²) in [5.74, 6) is 0. The number of aryl methyl sites for hydroxylation is 2. The second kappa shape index (κ2) is 6.23. The number of sulfonamides is 1. The number of nitrogens with one attached hydrogen (secondary N) is 1. The van der Waals surface area contributed by atoms with E-state index in [0.717, 1.165) is 19.9 Å². The van der Waals surface area contributed by atoms with Gasteiger partial charge < -0.3 is 0 Å². The van der Waals surface area contributed by atoms with E-state index < -0.39 is 10.0 Å². The summed E-state index contributed by atoms with van der Waals surface area (Å²) in [6.07, 6.45) is 1.73. The molecule has 1 aromatic carbocycles. The van der Waals surface area contributed by atoms with Crippen LogP contribution in [-0.2, 0) is 16.6 Å². The van der Waals surface area contributed by atoms with Crippen molar-refractivity contribution in [1.82, 2.24) is 9.71 Å². The highest BCUT2D eigenvalue weighted by atomic mass is 79.9. The normalized spacial score (nSPS) is 11.8. The lowest BCUT2D eigenvalue weighted by atomic mass is 10.2.